The van der Waals surface area contributed by atoms with E-state index >= 15 is 0 Å². The van der Waals surface area contributed by atoms with Crippen LogP contribution in [-0.2, 0) is 10.2 Å². The number of hydrogen-bond donors (Lipinski definition) is 1. The first-order chi connectivity index (χ1) is 11.4. The van der Waals surface area contributed by atoms with E-state index in [1.807, 2.05) is 25.9 Å². The van der Waals surface area contributed by atoms with E-state index in [1.54, 1.807) is 0 Å². The van der Waals surface area contributed by atoms with Crippen LogP contribution in [-0.4, -0.2) is 29.7 Å². The SMILES string of the molecule is Cc1c(C)c2c(c(C)c1O)CCC(C)(CCS[O+]1CCCCC1)O2.[Br-]. The predicted molar refractivity (Wildman–Crippen MR) is 101 cm³/mol. The Balaban J connectivity index is 0.00000225. The van der Waals surface area contributed by atoms with Gasteiger partial charge in [-0.3, -0.25) is 0 Å². The van der Waals surface area contributed by atoms with Crippen LogP contribution in [0.1, 0.15) is 61.3 Å². The largest absolute Gasteiger partial charge is 1.00 e. The Labute approximate surface area is 167 Å². The van der Waals surface area contributed by atoms with Crippen LogP contribution in [0.4, 0.5) is 0 Å². The average Bonchev–Trinajstić information content (AvgIpc) is 2.59. The average molecular weight is 431 g/mol. The molecule has 2 aliphatic heterocycles. The van der Waals surface area contributed by atoms with E-state index in [2.05, 4.69) is 17.7 Å². The van der Waals surface area contributed by atoms with Crippen LogP contribution in [0.2, 0.25) is 0 Å². The Morgan fingerprint density at radius 3 is 2.44 bits per heavy atom. The highest BCUT2D eigenvalue weighted by atomic mass is 79.9. The van der Waals surface area contributed by atoms with E-state index < -0.39 is 0 Å². The molecule has 0 aromatic heterocycles. The fourth-order valence-electron chi connectivity index (χ4n) is 3.77. The van der Waals surface area contributed by atoms with Gasteiger partial charge in [0.1, 0.15) is 17.1 Å². The van der Waals surface area contributed by atoms with Crippen LogP contribution in [0.5, 0.6) is 11.5 Å². The summed E-state index contributed by atoms with van der Waals surface area (Å²) in [7, 11) is 0. The van der Waals surface area contributed by atoms with Crippen molar-refractivity contribution in [1.29, 1.82) is 0 Å². The van der Waals surface area contributed by atoms with Crippen molar-refractivity contribution in [3.63, 3.8) is 0 Å². The normalized spacial score (nSPS) is 23.5. The first-order valence-corrected chi connectivity index (χ1v) is 10.1. The van der Waals surface area contributed by atoms with Gasteiger partial charge in [-0.25, -0.2) is 0 Å². The van der Waals surface area contributed by atoms with Crippen molar-refractivity contribution in [2.45, 2.75) is 71.8 Å². The molecule has 0 radical (unpaired) electrons. The molecule has 2 aliphatic rings. The summed E-state index contributed by atoms with van der Waals surface area (Å²) < 4.78 is 9.86. The molecular weight excluding hydrogens is 400 g/mol. The van der Waals surface area contributed by atoms with Crippen molar-refractivity contribution in [2.24, 2.45) is 0 Å². The molecule has 1 fully saturated rings. The summed E-state index contributed by atoms with van der Waals surface area (Å²) in [6.07, 6.45) is 7.05. The van der Waals surface area contributed by atoms with Crippen molar-refractivity contribution in [3.8, 4) is 11.5 Å². The van der Waals surface area contributed by atoms with Gasteiger partial charge in [-0.1, -0.05) is 0 Å². The second-order valence-electron chi connectivity index (χ2n) is 7.56. The molecule has 3 nitrogen and oxygen atoms in total. The summed E-state index contributed by atoms with van der Waals surface area (Å²) in [5.74, 6) is 2.55. The third-order valence-corrected chi connectivity index (χ3v) is 6.75. The molecule has 1 N–H and O–H groups in total. The van der Waals surface area contributed by atoms with Gasteiger partial charge in [-0.2, -0.15) is 0 Å². The van der Waals surface area contributed by atoms with Gasteiger partial charge < -0.3 is 30.6 Å². The van der Waals surface area contributed by atoms with Gasteiger partial charge in [0.15, 0.2) is 25.3 Å². The smallest absolute Gasteiger partial charge is 0.186 e. The van der Waals surface area contributed by atoms with Gasteiger partial charge in [0.2, 0.25) is 0 Å². The minimum Gasteiger partial charge on any atom is -1.00 e. The molecule has 0 amide bonds. The summed E-state index contributed by atoms with van der Waals surface area (Å²) in [6.45, 7) is 10.6. The van der Waals surface area contributed by atoms with E-state index in [0.29, 0.717) is 5.75 Å². The lowest BCUT2D eigenvalue weighted by Crippen LogP contribution is -3.00. The quantitative estimate of drug-likeness (QED) is 0.586. The monoisotopic (exact) mass is 430 g/mol. The van der Waals surface area contributed by atoms with E-state index in [4.69, 9.17) is 4.74 Å². The van der Waals surface area contributed by atoms with Crippen LogP contribution < -0.4 is 21.7 Å². The van der Waals surface area contributed by atoms with Gasteiger partial charge in [-0.05, 0) is 63.6 Å². The highest BCUT2D eigenvalue weighted by Gasteiger charge is 2.35. The van der Waals surface area contributed by atoms with Gasteiger partial charge in [-0.15, -0.1) is 0 Å². The summed E-state index contributed by atoms with van der Waals surface area (Å²) in [6, 6.07) is 0. The summed E-state index contributed by atoms with van der Waals surface area (Å²) in [5.41, 5.74) is 4.14. The summed E-state index contributed by atoms with van der Waals surface area (Å²) in [4.78, 5) is 0. The molecule has 5 heteroatoms. The Hall–Kier alpha value is -0.390. The third-order valence-electron chi connectivity index (χ3n) is 5.72. The minimum absolute atomic E-state index is 0. The number of phenolic OH excluding ortho intramolecular Hbond substituents is 1. The van der Waals surface area contributed by atoms with E-state index in [1.165, 1.54) is 24.8 Å². The Morgan fingerprint density at radius 1 is 1.08 bits per heavy atom. The van der Waals surface area contributed by atoms with E-state index in [-0.39, 0.29) is 22.6 Å². The molecule has 0 aliphatic carbocycles. The number of phenols is 1. The molecule has 1 saturated heterocycles. The molecule has 25 heavy (non-hydrogen) atoms. The summed E-state index contributed by atoms with van der Waals surface area (Å²) in [5, 5.41) is 10.3. The van der Waals surface area contributed by atoms with Gasteiger partial charge in [0.05, 0.1) is 5.75 Å². The summed E-state index contributed by atoms with van der Waals surface area (Å²) >= 11 is 1.91. The van der Waals surface area contributed by atoms with Crippen LogP contribution in [0.25, 0.3) is 0 Å². The number of rotatable bonds is 4. The Kier molecular flexibility index (Phi) is 7.14. The van der Waals surface area contributed by atoms with Gasteiger partial charge in [0, 0.05) is 24.8 Å². The molecule has 1 atom stereocenters. The lowest BCUT2D eigenvalue weighted by Gasteiger charge is -2.38. The number of aromatic hydroxyl groups is 1. The molecule has 1 unspecified atom stereocenters. The van der Waals surface area contributed by atoms with Crippen molar-refractivity contribution in [2.75, 3.05) is 19.0 Å². The zero-order chi connectivity index (χ0) is 17.3. The maximum Gasteiger partial charge on any atom is 0.186 e. The molecule has 0 saturated carbocycles. The fourth-order valence-corrected chi connectivity index (χ4v) is 4.99. The Bertz CT molecular complexity index is 614. The van der Waals surface area contributed by atoms with Crippen molar-refractivity contribution in [3.05, 3.63) is 22.3 Å². The highest BCUT2D eigenvalue weighted by molar-refractivity contribution is 7.95. The maximum atomic E-state index is 10.3. The standard InChI is InChI=1S/C20H30O3S.BrH/c1-14-15(2)19-17(16(3)18(14)21)8-9-20(4,22-19)10-13-24-23-11-6-5-7-12-23;/h5-13H2,1-4H3;1H. The number of hydrogen-bond acceptors (Lipinski definition) is 3. The van der Waals surface area contributed by atoms with Gasteiger partial charge >= 0.3 is 0 Å². The van der Waals surface area contributed by atoms with Crippen LogP contribution in [0.15, 0.2) is 0 Å². The number of ether oxygens (including phenoxy) is 1. The third kappa shape index (κ3) is 4.48. The molecular formula is C20H31BrO3S. The minimum atomic E-state index is -0.100. The maximum absolute atomic E-state index is 10.3. The van der Waals surface area contributed by atoms with Crippen LogP contribution >= 0.6 is 12.0 Å². The van der Waals surface area contributed by atoms with Crippen LogP contribution in [0.3, 0.4) is 0 Å². The molecule has 142 valence electrons. The van der Waals surface area contributed by atoms with Crippen LogP contribution in [0, 0.1) is 20.8 Å². The van der Waals surface area contributed by atoms with E-state index in [0.717, 1.165) is 60.7 Å². The topological polar surface area (TPSA) is 32.2 Å². The second-order valence-corrected chi connectivity index (χ2v) is 8.68. The van der Waals surface area contributed by atoms with Crippen molar-refractivity contribution < 1.29 is 30.6 Å². The van der Waals surface area contributed by atoms with Crippen molar-refractivity contribution in [1.82, 2.24) is 0 Å². The molecule has 0 bridgehead atoms. The number of benzene rings is 1. The zero-order valence-corrected chi connectivity index (χ0v) is 18.3. The number of halogens is 1. The first-order valence-electron chi connectivity index (χ1n) is 9.23. The lowest BCUT2D eigenvalue weighted by molar-refractivity contribution is -0.0000123. The molecule has 1 aromatic carbocycles. The van der Waals surface area contributed by atoms with E-state index in [9.17, 15) is 5.11 Å². The van der Waals surface area contributed by atoms with Gasteiger partial charge in [0.25, 0.3) is 0 Å². The lowest BCUT2D eigenvalue weighted by atomic mass is 9.86. The zero-order valence-electron chi connectivity index (χ0n) is 15.9. The molecule has 1 aromatic rings. The molecule has 0 spiro atoms. The number of fused-ring (bicyclic) bond motifs is 1. The molecule has 2 heterocycles. The fraction of sp³-hybridized carbons (Fsp3) is 0.700. The van der Waals surface area contributed by atoms with Crippen molar-refractivity contribution >= 4 is 12.0 Å². The Morgan fingerprint density at radius 2 is 1.76 bits per heavy atom. The highest BCUT2D eigenvalue weighted by Crippen LogP contribution is 2.44. The predicted octanol–water partition coefficient (Wildman–Crippen LogP) is 2.18. The molecule has 3 rings (SSSR count). The second kappa shape index (κ2) is 8.53. The first kappa shape index (κ1) is 20.9.